The Kier molecular flexibility index (Phi) is 3.63. The van der Waals surface area contributed by atoms with Crippen LogP contribution in [0.4, 0.5) is 14.8 Å². The van der Waals surface area contributed by atoms with E-state index in [1.165, 1.54) is 0 Å². The molecule has 2 aromatic carbocycles. The third kappa shape index (κ3) is 2.81. The summed E-state index contributed by atoms with van der Waals surface area (Å²) in [5.41, 5.74) is 10.7. The molecule has 1 fully saturated rings. The zero-order valence-corrected chi connectivity index (χ0v) is 16.2. The predicted octanol–water partition coefficient (Wildman–Crippen LogP) is 4.80. The van der Waals surface area contributed by atoms with Gasteiger partial charge in [0, 0.05) is 24.9 Å². The molecule has 0 atom stereocenters. The van der Waals surface area contributed by atoms with Gasteiger partial charge >= 0.3 is 0 Å². The highest BCUT2D eigenvalue weighted by molar-refractivity contribution is 5.88. The van der Waals surface area contributed by atoms with Gasteiger partial charge in [-0.3, -0.25) is 0 Å². The van der Waals surface area contributed by atoms with Crippen LogP contribution in [0.3, 0.4) is 0 Å². The van der Waals surface area contributed by atoms with Crippen molar-refractivity contribution in [3.05, 3.63) is 35.9 Å². The van der Waals surface area contributed by atoms with Gasteiger partial charge in [-0.05, 0) is 54.7 Å². The van der Waals surface area contributed by atoms with Crippen LogP contribution < -0.4 is 10.5 Å². The Labute approximate surface area is 170 Å². The van der Waals surface area contributed by atoms with Gasteiger partial charge in [-0.2, -0.15) is 4.98 Å². The zero-order chi connectivity index (χ0) is 20.5. The molecule has 0 amide bonds. The molecule has 2 aliphatic rings. The number of nitrogens with zero attached hydrogens (tertiary/aromatic N) is 3. The molecule has 0 unspecified atom stereocenters. The van der Waals surface area contributed by atoms with Crippen LogP contribution in [0, 0.1) is 5.92 Å². The fraction of sp³-hybridized carbons (Fsp3) is 0.364. The number of nitrogens with two attached hydrogens (primary N) is 1. The van der Waals surface area contributed by atoms with E-state index in [9.17, 15) is 8.78 Å². The molecular weight excluding hydrogens is 390 g/mol. The van der Waals surface area contributed by atoms with Gasteiger partial charge in [0.2, 0.25) is 5.92 Å². The summed E-state index contributed by atoms with van der Waals surface area (Å²) < 4.78 is 40.0. The first-order valence-corrected chi connectivity index (χ1v) is 10.2. The smallest absolute Gasteiger partial charge is 0.292 e. The van der Waals surface area contributed by atoms with Crippen LogP contribution >= 0.6 is 0 Å². The van der Waals surface area contributed by atoms with Crippen LogP contribution in [0.2, 0.25) is 0 Å². The van der Waals surface area contributed by atoms with Gasteiger partial charge in [-0.1, -0.05) is 0 Å². The molecule has 4 aromatic rings. The Morgan fingerprint density at radius 3 is 2.83 bits per heavy atom. The van der Waals surface area contributed by atoms with Crippen LogP contribution in [0.1, 0.15) is 24.8 Å². The average Bonchev–Trinajstić information content (AvgIpc) is 3.14. The van der Waals surface area contributed by atoms with Crippen molar-refractivity contribution in [2.24, 2.45) is 5.92 Å². The predicted molar refractivity (Wildman–Crippen MR) is 109 cm³/mol. The largest absolute Gasteiger partial charge is 0.491 e. The number of halogens is 2. The molecule has 2 N–H and O–H groups in total. The first-order valence-electron chi connectivity index (χ1n) is 10.2. The summed E-state index contributed by atoms with van der Waals surface area (Å²) >= 11 is 0. The van der Waals surface area contributed by atoms with Gasteiger partial charge in [0.05, 0.1) is 12.1 Å². The second-order valence-corrected chi connectivity index (χ2v) is 8.32. The molecule has 1 aliphatic heterocycles. The molecule has 1 aliphatic carbocycles. The molecule has 0 radical (unpaired) electrons. The van der Waals surface area contributed by atoms with Crippen molar-refractivity contribution in [1.82, 2.24) is 14.5 Å². The quantitative estimate of drug-likeness (QED) is 0.525. The maximum absolute atomic E-state index is 13.2. The minimum absolute atomic E-state index is 0.0111. The van der Waals surface area contributed by atoms with E-state index >= 15 is 0 Å². The van der Waals surface area contributed by atoms with Gasteiger partial charge in [0.1, 0.15) is 22.6 Å². The standard InChI is InChI=1S/C22H20F2N4O2/c23-22(24)10-13(11-22)6-12-7-16-19-18(8-12)29-5-1-4-28(19)20(26-16)14-2-3-17-15(9-14)27-21(25)30-17/h2-3,7-9,13H,1,4-6,10-11H2,(H2,25,27). The molecule has 1 saturated carbocycles. The van der Waals surface area contributed by atoms with Gasteiger partial charge in [-0.15, -0.1) is 0 Å². The molecule has 2 aromatic heterocycles. The lowest BCUT2D eigenvalue weighted by atomic mass is 9.77. The van der Waals surface area contributed by atoms with E-state index in [-0.39, 0.29) is 24.8 Å². The Morgan fingerprint density at radius 2 is 2.00 bits per heavy atom. The van der Waals surface area contributed by atoms with E-state index in [1.807, 2.05) is 30.3 Å². The molecule has 6 nitrogen and oxygen atoms in total. The second-order valence-electron chi connectivity index (χ2n) is 8.32. The lowest BCUT2D eigenvalue weighted by Crippen LogP contribution is -2.36. The summed E-state index contributed by atoms with van der Waals surface area (Å²) in [5.74, 6) is -0.893. The number of hydrogen-bond acceptors (Lipinski definition) is 5. The molecule has 6 rings (SSSR count). The van der Waals surface area contributed by atoms with Crippen LogP contribution in [0.5, 0.6) is 5.75 Å². The molecule has 0 saturated heterocycles. The van der Waals surface area contributed by atoms with Crippen LogP contribution in [0.15, 0.2) is 34.7 Å². The summed E-state index contributed by atoms with van der Waals surface area (Å²) in [6.45, 7) is 1.39. The van der Waals surface area contributed by atoms with E-state index < -0.39 is 5.92 Å². The van der Waals surface area contributed by atoms with Gasteiger partial charge in [0.15, 0.2) is 5.58 Å². The molecule has 0 spiro atoms. The van der Waals surface area contributed by atoms with Crippen molar-refractivity contribution in [1.29, 1.82) is 0 Å². The topological polar surface area (TPSA) is 79.1 Å². The Balaban J connectivity index is 1.45. The lowest BCUT2D eigenvalue weighted by Gasteiger charge is -2.35. The molecule has 30 heavy (non-hydrogen) atoms. The number of anilines is 1. The summed E-state index contributed by atoms with van der Waals surface area (Å²) in [5, 5.41) is 0. The van der Waals surface area contributed by atoms with Crippen LogP contribution in [-0.4, -0.2) is 27.1 Å². The minimum atomic E-state index is -2.51. The summed E-state index contributed by atoms with van der Waals surface area (Å²) in [6.07, 6.45) is 1.40. The number of fused-ring (bicyclic) bond motifs is 1. The van der Waals surface area contributed by atoms with Crippen molar-refractivity contribution >= 4 is 28.1 Å². The van der Waals surface area contributed by atoms with Gasteiger partial charge in [0.25, 0.3) is 6.01 Å². The number of rotatable bonds is 3. The number of benzene rings is 2. The van der Waals surface area contributed by atoms with Crippen LogP contribution in [-0.2, 0) is 13.0 Å². The highest BCUT2D eigenvalue weighted by Gasteiger charge is 2.44. The normalized spacial score (nSPS) is 18.3. The fourth-order valence-corrected chi connectivity index (χ4v) is 4.70. The van der Waals surface area contributed by atoms with Crippen molar-refractivity contribution in [2.45, 2.75) is 38.2 Å². The van der Waals surface area contributed by atoms with E-state index in [2.05, 4.69) is 9.55 Å². The fourth-order valence-electron chi connectivity index (χ4n) is 4.70. The summed E-state index contributed by atoms with van der Waals surface area (Å²) in [7, 11) is 0. The van der Waals surface area contributed by atoms with Crippen molar-refractivity contribution in [3.63, 3.8) is 0 Å². The number of oxazole rings is 1. The average molecular weight is 410 g/mol. The Hall–Kier alpha value is -3.16. The number of aryl methyl sites for hydroxylation is 1. The molecule has 8 heteroatoms. The highest BCUT2D eigenvalue weighted by atomic mass is 19.3. The third-order valence-corrected chi connectivity index (χ3v) is 6.01. The number of hydrogen-bond donors (Lipinski definition) is 1. The number of alkyl halides is 2. The first kappa shape index (κ1) is 17.7. The number of nitrogen functional groups attached to an aromatic ring is 1. The van der Waals surface area contributed by atoms with Gasteiger partial charge in [-0.25, -0.2) is 13.8 Å². The SMILES string of the molecule is Nc1nc2cc(-c3nc4cc(CC5CC(F)(F)C5)cc5c4n3CCCO5)ccc2o1. The summed E-state index contributed by atoms with van der Waals surface area (Å²) in [6, 6.07) is 9.85. The number of aromatic nitrogens is 3. The monoisotopic (exact) mass is 410 g/mol. The van der Waals surface area contributed by atoms with E-state index in [0.717, 1.165) is 46.7 Å². The molecule has 0 bridgehead atoms. The second kappa shape index (κ2) is 6.17. The van der Waals surface area contributed by atoms with Crippen LogP contribution in [0.25, 0.3) is 33.5 Å². The third-order valence-electron chi connectivity index (χ3n) is 6.01. The van der Waals surface area contributed by atoms with E-state index in [4.69, 9.17) is 19.9 Å². The van der Waals surface area contributed by atoms with E-state index in [1.54, 1.807) is 0 Å². The number of ether oxygens (including phenoxy) is 1. The molecule has 3 heterocycles. The summed E-state index contributed by atoms with van der Waals surface area (Å²) in [4.78, 5) is 9.12. The van der Waals surface area contributed by atoms with E-state index in [0.29, 0.717) is 24.1 Å². The lowest BCUT2D eigenvalue weighted by molar-refractivity contribution is -0.109. The first-order chi connectivity index (χ1) is 14.4. The Bertz CT molecular complexity index is 1290. The maximum Gasteiger partial charge on any atom is 0.292 e. The molecule has 154 valence electrons. The van der Waals surface area contributed by atoms with Crippen molar-refractivity contribution in [3.8, 4) is 17.1 Å². The van der Waals surface area contributed by atoms with Crippen molar-refractivity contribution in [2.75, 3.05) is 12.3 Å². The highest BCUT2D eigenvalue weighted by Crippen LogP contribution is 2.45. The molecular formula is C22H20F2N4O2. The number of imidazole rings is 1. The zero-order valence-electron chi connectivity index (χ0n) is 16.2. The Morgan fingerprint density at radius 1 is 1.13 bits per heavy atom. The maximum atomic E-state index is 13.2. The minimum Gasteiger partial charge on any atom is -0.491 e. The van der Waals surface area contributed by atoms with Crippen molar-refractivity contribution < 1.29 is 17.9 Å². The van der Waals surface area contributed by atoms with Gasteiger partial charge < -0.3 is 19.5 Å².